The minimum absolute atomic E-state index is 0.0491. The number of carbonyl (C=O) groups excluding carboxylic acids is 3. The first-order valence-electron chi connectivity index (χ1n) is 8.55. The highest BCUT2D eigenvalue weighted by molar-refractivity contribution is 6.33. The monoisotopic (exact) mass is 412 g/mol. The Bertz CT molecular complexity index is 1070. The Labute approximate surface area is 170 Å². The fourth-order valence-electron chi connectivity index (χ4n) is 2.81. The van der Waals surface area contributed by atoms with Gasteiger partial charge in [0.05, 0.1) is 24.8 Å². The first-order valence-corrected chi connectivity index (χ1v) is 8.55. The Balaban J connectivity index is 1.97. The predicted octanol–water partition coefficient (Wildman–Crippen LogP) is 2.21. The van der Waals surface area contributed by atoms with Crippen LogP contribution < -0.4 is 19.7 Å². The van der Waals surface area contributed by atoms with Crippen LogP contribution in [-0.2, 0) is 9.59 Å². The molecule has 0 bridgehead atoms. The van der Waals surface area contributed by atoms with Crippen LogP contribution in [0.1, 0.15) is 0 Å². The Kier molecular flexibility index (Phi) is 5.72. The van der Waals surface area contributed by atoms with E-state index in [9.17, 15) is 24.5 Å². The lowest BCUT2D eigenvalue weighted by Gasteiger charge is -2.29. The van der Waals surface area contributed by atoms with Gasteiger partial charge in [-0.25, -0.2) is 9.69 Å². The molecule has 3 rings (SSSR count). The Morgan fingerprint density at radius 3 is 2.47 bits per heavy atom. The van der Waals surface area contributed by atoms with Gasteiger partial charge in [-0.3, -0.25) is 30.0 Å². The van der Waals surface area contributed by atoms with Crippen LogP contribution in [-0.4, -0.2) is 43.2 Å². The van der Waals surface area contributed by atoms with E-state index in [1.165, 1.54) is 32.4 Å². The summed E-state index contributed by atoms with van der Waals surface area (Å²) < 4.78 is 10.3. The van der Waals surface area contributed by atoms with Crippen molar-refractivity contribution >= 4 is 41.1 Å². The van der Waals surface area contributed by atoms with E-state index in [1.807, 2.05) is 0 Å². The van der Waals surface area contributed by atoms with E-state index < -0.39 is 28.7 Å². The summed E-state index contributed by atoms with van der Waals surface area (Å²) in [5.41, 5.74) is -0.0393. The average Bonchev–Trinajstić information content (AvgIpc) is 2.73. The number of urea groups is 1. The number of methoxy groups -OCH3 is 2. The van der Waals surface area contributed by atoms with E-state index in [1.54, 1.807) is 18.2 Å². The van der Waals surface area contributed by atoms with Crippen LogP contribution in [0.4, 0.5) is 21.9 Å². The summed E-state index contributed by atoms with van der Waals surface area (Å²) in [5, 5.41) is 13.1. The number of carbonyl (C=O) groups is 3. The summed E-state index contributed by atoms with van der Waals surface area (Å²) in [7, 11) is 2.73. The van der Waals surface area contributed by atoms with E-state index in [0.29, 0.717) is 0 Å². The first-order chi connectivity index (χ1) is 14.4. The summed E-state index contributed by atoms with van der Waals surface area (Å²) >= 11 is 0. The number of amides is 4. The number of nitro benzene ring substituents is 1. The zero-order valence-electron chi connectivity index (χ0n) is 15.9. The van der Waals surface area contributed by atoms with E-state index in [0.717, 1.165) is 17.2 Å². The number of anilines is 1. The van der Waals surface area contributed by atoms with Crippen molar-refractivity contribution in [2.24, 2.45) is 10.9 Å². The molecule has 0 aliphatic carbocycles. The van der Waals surface area contributed by atoms with Crippen LogP contribution in [0, 0.1) is 16.0 Å². The number of non-ortho nitro benzene ring substituents is 1. The molecule has 11 heteroatoms. The van der Waals surface area contributed by atoms with Crippen LogP contribution in [0.15, 0.2) is 47.5 Å². The summed E-state index contributed by atoms with van der Waals surface area (Å²) in [6, 6.07) is 9.11. The van der Waals surface area contributed by atoms with Gasteiger partial charge in [0.2, 0.25) is 5.91 Å². The van der Waals surface area contributed by atoms with Crippen molar-refractivity contribution in [2.45, 2.75) is 0 Å². The number of barbiturate groups is 1. The smallest absolute Gasteiger partial charge is 0.335 e. The number of rotatable bonds is 6. The molecule has 1 atom stereocenters. The second kappa shape index (κ2) is 8.39. The van der Waals surface area contributed by atoms with Gasteiger partial charge >= 0.3 is 6.03 Å². The van der Waals surface area contributed by atoms with Crippen LogP contribution in [0.25, 0.3) is 0 Å². The third kappa shape index (κ3) is 3.81. The molecule has 0 unspecified atom stereocenters. The van der Waals surface area contributed by atoms with E-state index in [2.05, 4.69) is 10.3 Å². The number of nitrogens with zero attached hydrogens (tertiary/aromatic N) is 3. The van der Waals surface area contributed by atoms with Crippen LogP contribution >= 0.6 is 0 Å². The molecule has 4 amide bonds. The number of benzene rings is 2. The zero-order valence-corrected chi connectivity index (χ0v) is 15.9. The first kappa shape index (κ1) is 20.5. The standard InChI is InChI=1S/C19H16N4O7/c1-29-15-8-7-11(23(27)28)9-13(15)20-10-12-17(24)21-19(26)22(18(12)25)14-5-3-4-6-16(14)30-2/h3-10,12H,1-2H3,(H,21,24,26)/t12-/m1/s1. The number of imide groups is 2. The van der Waals surface area contributed by atoms with Crippen LogP contribution in [0.3, 0.4) is 0 Å². The number of para-hydroxylation sites is 2. The highest BCUT2D eigenvalue weighted by atomic mass is 16.6. The molecule has 1 fully saturated rings. The molecule has 1 heterocycles. The van der Waals surface area contributed by atoms with Gasteiger partial charge in [-0.05, 0) is 18.2 Å². The van der Waals surface area contributed by atoms with Gasteiger partial charge in [-0.15, -0.1) is 0 Å². The SMILES string of the molecule is COc1ccc([N+](=O)[O-])cc1N=C[C@@H]1C(=O)NC(=O)N(c2ccccc2OC)C1=O. The molecule has 30 heavy (non-hydrogen) atoms. The minimum Gasteiger partial charge on any atom is -0.495 e. The molecule has 2 aromatic rings. The normalized spacial score (nSPS) is 16.5. The van der Waals surface area contributed by atoms with Crippen LogP contribution in [0.2, 0.25) is 0 Å². The lowest BCUT2D eigenvalue weighted by atomic mass is 10.1. The van der Waals surface area contributed by atoms with Gasteiger partial charge in [0, 0.05) is 18.3 Å². The number of nitrogens with one attached hydrogen (secondary N) is 1. The highest BCUT2D eigenvalue weighted by Crippen LogP contribution is 2.33. The summed E-state index contributed by atoms with van der Waals surface area (Å²) in [6.07, 6.45) is 1.01. The molecule has 1 N–H and O–H groups in total. The van der Waals surface area contributed by atoms with Crippen molar-refractivity contribution in [3.8, 4) is 11.5 Å². The lowest BCUT2D eigenvalue weighted by Crippen LogP contribution is -2.58. The fourth-order valence-corrected chi connectivity index (χ4v) is 2.81. The molecule has 1 aliphatic heterocycles. The van der Waals surface area contributed by atoms with Gasteiger partial charge in [0.15, 0.2) is 5.92 Å². The highest BCUT2D eigenvalue weighted by Gasteiger charge is 2.41. The molecule has 1 aliphatic rings. The second-order valence-electron chi connectivity index (χ2n) is 6.01. The molecule has 2 aromatic carbocycles. The quantitative estimate of drug-likeness (QED) is 0.332. The summed E-state index contributed by atoms with van der Waals surface area (Å²) in [4.78, 5) is 52.7. The lowest BCUT2D eigenvalue weighted by molar-refractivity contribution is -0.384. The Morgan fingerprint density at radius 1 is 1.10 bits per heavy atom. The summed E-state index contributed by atoms with van der Waals surface area (Å²) in [6.45, 7) is 0. The number of hydrogen-bond donors (Lipinski definition) is 1. The summed E-state index contributed by atoms with van der Waals surface area (Å²) in [5.74, 6) is -2.70. The van der Waals surface area contributed by atoms with Gasteiger partial charge in [-0.1, -0.05) is 12.1 Å². The van der Waals surface area contributed by atoms with Crippen molar-refractivity contribution < 1.29 is 28.8 Å². The van der Waals surface area contributed by atoms with Crippen molar-refractivity contribution in [3.05, 3.63) is 52.6 Å². The molecule has 0 spiro atoms. The fraction of sp³-hybridized carbons (Fsp3) is 0.158. The second-order valence-corrected chi connectivity index (χ2v) is 6.01. The molecule has 1 saturated heterocycles. The molecule has 0 aromatic heterocycles. The molecule has 0 saturated carbocycles. The largest absolute Gasteiger partial charge is 0.495 e. The van der Waals surface area contributed by atoms with Crippen LogP contribution in [0.5, 0.6) is 11.5 Å². The molecular formula is C19H16N4O7. The Hall–Kier alpha value is -4.28. The topological polar surface area (TPSA) is 140 Å². The molecule has 154 valence electrons. The number of nitro groups is 1. The van der Waals surface area contributed by atoms with Gasteiger partial charge in [-0.2, -0.15) is 0 Å². The number of aliphatic imine (C=N–C) groups is 1. The average molecular weight is 412 g/mol. The Morgan fingerprint density at radius 2 is 1.80 bits per heavy atom. The van der Waals surface area contributed by atoms with E-state index in [-0.39, 0.29) is 28.6 Å². The number of ether oxygens (including phenoxy) is 2. The maximum atomic E-state index is 12.9. The van der Waals surface area contributed by atoms with Gasteiger partial charge < -0.3 is 9.47 Å². The molecule has 0 radical (unpaired) electrons. The number of hydrogen-bond acceptors (Lipinski definition) is 8. The molecular weight excluding hydrogens is 396 g/mol. The van der Waals surface area contributed by atoms with Crippen molar-refractivity contribution in [2.75, 3.05) is 19.1 Å². The molecule has 11 nitrogen and oxygen atoms in total. The maximum absolute atomic E-state index is 12.9. The third-order valence-corrected chi connectivity index (χ3v) is 4.26. The zero-order chi connectivity index (χ0) is 21.8. The third-order valence-electron chi connectivity index (χ3n) is 4.26. The maximum Gasteiger partial charge on any atom is 0.335 e. The van der Waals surface area contributed by atoms with Gasteiger partial charge in [0.25, 0.3) is 11.6 Å². The van der Waals surface area contributed by atoms with Gasteiger partial charge in [0.1, 0.15) is 17.2 Å². The predicted molar refractivity (Wildman–Crippen MR) is 105 cm³/mol. The van der Waals surface area contributed by atoms with Crippen molar-refractivity contribution in [1.82, 2.24) is 5.32 Å². The van der Waals surface area contributed by atoms with Crippen molar-refractivity contribution in [3.63, 3.8) is 0 Å². The van der Waals surface area contributed by atoms with E-state index >= 15 is 0 Å². The minimum atomic E-state index is -1.45. The van der Waals surface area contributed by atoms with Crippen molar-refractivity contribution in [1.29, 1.82) is 0 Å². The van der Waals surface area contributed by atoms with E-state index in [4.69, 9.17) is 9.47 Å².